The van der Waals surface area contributed by atoms with Gasteiger partial charge in [-0.3, -0.25) is 0 Å². The molecule has 0 saturated heterocycles. The van der Waals surface area contributed by atoms with Crippen LogP contribution >= 0.6 is 0 Å². The first-order valence-corrected chi connectivity index (χ1v) is 9.45. The van der Waals surface area contributed by atoms with Gasteiger partial charge in [-0.1, -0.05) is 108 Å². The summed E-state index contributed by atoms with van der Waals surface area (Å²) >= 11 is 0. The van der Waals surface area contributed by atoms with Crippen LogP contribution in [0.4, 0.5) is 0 Å². The molecule has 0 heterocycles. The van der Waals surface area contributed by atoms with Gasteiger partial charge in [0.15, 0.2) is 0 Å². The summed E-state index contributed by atoms with van der Waals surface area (Å²) in [5.41, 5.74) is 11.5. The van der Waals surface area contributed by atoms with E-state index < -0.39 is 0 Å². The fraction of sp³-hybridized carbons (Fsp3) is 0.111. The second kappa shape index (κ2) is 7.25. The van der Waals surface area contributed by atoms with Crippen molar-refractivity contribution < 1.29 is 0 Å². The Labute approximate surface area is 162 Å². The molecule has 0 bridgehead atoms. The molecule has 0 nitrogen and oxygen atoms in total. The molecule has 0 heteroatoms. The lowest BCUT2D eigenvalue weighted by Crippen LogP contribution is -1.87. The molecule has 132 valence electrons. The van der Waals surface area contributed by atoms with Crippen LogP contribution in [0.3, 0.4) is 0 Å². The number of benzene rings is 4. The van der Waals surface area contributed by atoms with Crippen molar-refractivity contribution in [1.29, 1.82) is 0 Å². The minimum atomic E-state index is 1.25. The number of hydrogen-bond acceptors (Lipinski definition) is 0. The van der Waals surface area contributed by atoms with Gasteiger partial charge in [0.05, 0.1) is 0 Å². The second-order valence-electron chi connectivity index (χ2n) is 7.37. The van der Waals surface area contributed by atoms with Gasteiger partial charge in [-0.2, -0.15) is 0 Å². The summed E-state index contributed by atoms with van der Waals surface area (Å²) in [6, 6.07) is 33.1. The topological polar surface area (TPSA) is 0 Å². The molecule has 0 aliphatic heterocycles. The van der Waals surface area contributed by atoms with Crippen LogP contribution in [0.2, 0.25) is 0 Å². The highest BCUT2D eigenvalue weighted by atomic mass is 14.1. The first kappa shape index (κ1) is 17.3. The van der Waals surface area contributed by atoms with Crippen molar-refractivity contribution in [1.82, 2.24) is 0 Å². The molecule has 0 aromatic heterocycles. The highest BCUT2D eigenvalue weighted by Crippen LogP contribution is 2.33. The molecular formula is C27H24. The van der Waals surface area contributed by atoms with Crippen molar-refractivity contribution in [3.8, 4) is 33.4 Å². The summed E-state index contributed by atoms with van der Waals surface area (Å²) in [6.45, 7) is 6.44. The van der Waals surface area contributed by atoms with E-state index in [0.717, 1.165) is 0 Å². The summed E-state index contributed by atoms with van der Waals surface area (Å²) in [7, 11) is 0. The first-order valence-electron chi connectivity index (χ1n) is 9.45. The Hall–Kier alpha value is -3.12. The number of rotatable bonds is 3. The van der Waals surface area contributed by atoms with Crippen LogP contribution in [-0.2, 0) is 0 Å². The van der Waals surface area contributed by atoms with Gasteiger partial charge in [-0.05, 0) is 54.2 Å². The molecule has 0 amide bonds. The van der Waals surface area contributed by atoms with Gasteiger partial charge in [0.25, 0.3) is 0 Å². The van der Waals surface area contributed by atoms with Crippen LogP contribution in [0.5, 0.6) is 0 Å². The quantitative estimate of drug-likeness (QED) is 0.357. The lowest BCUT2D eigenvalue weighted by atomic mass is 9.92. The van der Waals surface area contributed by atoms with Gasteiger partial charge in [-0.25, -0.2) is 0 Å². The van der Waals surface area contributed by atoms with E-state index in [1.54, 1.807) is 0 Å². The Morgan fingerprint density at radius 1 is 0.370 bits per heavy atom. The largest absolute Gasteiger partial charge is 0.0616 e. The van der Waals surface area contributed by atoms with Crippen molar-refractivity contribution in [2.75, 3.05) is 0 Å². The summed E-state index contributed by atoms with van der Waals surface area (Å²) in [5, 5.41) is 0. The average molecular weight is 348 g/mol. The molecule has 0 atom stereocenters. The van der Waals surface area contributed by atoms with E-state index in [9.17, 15) is 0 Å². The third-order valence-corrected chi connectivity index (χ3v) is 5.04. The molecule has 0 aliphatic rings. The minimum absolute atomic E-state index is 1.25. The van der Waals surface area contributed by atoms with Crippen molar-refractivity contribution in [3.05, 3.63) is 108 Å². The lowest BCUT2D eigenvalue weighted by Gasteiger charge is -2.12. The van der Waals surface area contributed by atoms with Crippen molar-refractivity contribution in [2.45, 2.75) is 20.8 Å². The normalized spacial score (nSPS) is 10.8. The predicted octanol–water partition coefficient (Wildman–Crippen LogP) is 7.61. The first-order chi connectivity index (χ1) is 13.1. The molecule has 0 radical (unpaired) electrons. The van der Waals surface area contributed by atoms with Crippen LogP contribution in [0.15, 0.2) is 91.0 Å². The lowest BCUT2D eigenvalue weighted by molar-refractivity contribution is 1.38. The standard InChI is InChI=1S/C27H24/c1-19-8-10-23(11-9-19)26-6-4-5-7-27(26)24-14-12-22(13-15-24)25-17-20(2)16-21(3)18-25/h4-18H,1-3H3. The molecule has 0 aliphatic carbocycles. The second-order valence-corrected chi connectivity index (χ2v) is 7.37. The summed E-state index contributed by atoms with van der Waals surface area (Å²) in [6.07, 6.45) is 0. The van der Waals surface area contributed by atoms with Gasteiger partial charge in [-0.15, -0.1) is 0 Å². The van der Waals surface area contributed by atoms with E-state index in [1.165, 1.54) is 50.1 Å². The van der Waals surface area contributed by atoms with Gasteiger partial charge in [0, 0.05) is 0 Å². The average Bonchev–Trinajstić information content (AvgIpc) is 2.68. The molecule has 4 aromatic rings. The maximum absolute atomic E-state index is 2.25. The van der Waals surface area contributed by atoms with Crippen LogP contribution < -0.4 is 0 Å². The highest BCUT2D eigenvalue weighted by molar-refractivity contribution is 5.84. The highest BCUT2D eigenvalue weighted by Gasteiger charge is 2.07. The molecule has 0 fully saturated rings. The monoisotopic (exact) mass is 348 g/mol. The van der Waals surface area contributed by atoms with E-state index >= 15 is 0 Å². The Morgan fingerprint density at radius 3 is 1.33 bits per heavy atom. The molecule has 4 aromatic carbocycles. The fourth-order valence-corrected chi connectivity index (χ4v) is 3.70. The zero-order chi connectivity index (χ0) is 18.8. The van der Waals surface area contributed by atoms with E-state index in [4.69, 9.17) is 0 Å². The van der Waals surface area contributed by atoms with Crippen LogP contribution in [0.1, 0.15) is 16.7 Å². The van der Waals surface area contributed by atoms with E-state index in [2.05, 4.69) is 112 Å². The Balaban J connectivity index is 1.74. The van der Waals surface area contributed by atoms with Crippen molar-refractivity contribution in [3.63, 3.8) is 0 Å². The zero-order valence-electron chi connectivity index (χ0n) is 16.2. The fourth-order valence-electron chi connectivity index (χ4n) is 3.70. The minimum Gasteiger partial charge on any atom is -0.0616 e. The number of hydrogen-bond donors (Lipinski definition) is 0. The van der Waals surface area contributed by atoms with Crippen molar-refractivity contribution in [2.24, 2.45) is 0 Å². The van der Waals surface area contributed by atoms with E-state index in [-0.39, 0.29) is 0 Å². The zero-order valence-corrected chi connectivity index (χ0v) is 16.2. The summed E-state index contributed by atoms with van der Waals surface area (Å²) in [4.78, 5) is 0. The third kappa shape index (κ3) is 3.71. The molecule has 0 spiro atoms. The van der Waals surface area contributed by atoms with Crippen LogP contribution in [0, 0.1) is 20.8 Å². The maximum atomic E-state index is 2.25. The number of aryl methyl sites for hydroxylation is 3. The molecule has 27 heavy (non-hydrogen) atoms. The maximum Gasteiger partial charge on any atom is -0.0105 e. The van der Waals surface area contributed by atoms with E-state index in [0.29, 0.717) is 0 Å². The summed E-state index contributed by atoms with van der Waals surface area (Å²) < 4.78 is 0. The Morgan fingerprint density at radius 2 is 0.815 bits per heavy atom. The predicted molar refractivity (Wildman–Crippen MR) is 117 cm³/mol. The summed E-state index contributed by atoms with van der Waals surface area (Å²) in [5.74, 6) is 0. The molecular weight excluding hydrogens is 324 g/mol. The SMILES string of the molecule is Cc1ccc(-c2ccccc2-c2ccc(-c3cc(C)cc(C)c3)cc2)cc1. The third-order valence-electron chi connectivity index (χ3n) is 5.04. The van der Waals surface area contributed by atoms with Gasteiger partial charge in [0.1, 0.15) is 0 Å². The van der Waals surface area contributed by atoms with Crippen LogP contribution in [-0.4, -0.2) is 0 Å². The van der Waals surface area contributed by atoms with Gasteiger partial charge < -0.3 is 0 Å². The van der Waals surface area contributed by atoms with Crippen LogP contribution in [0.25, 0.3) is 33.4 Å². The van der Waals surface area contributed by atoms with Gasteiger partial charge >= 0.3 is 0 Å². The molecule has 0 saturated carbocycles. The van der Waals surface area contributed by atoms with E-state index in [1.807, 2.05) is 0 Å². The molecule has 4 rings (SSSR count). The smallest absolute Gasteiger partial charge is 0.0105 e. The molecule has 0 N–H and O–H groups in total. The Bertz CT molecular complexity index is 1050. The van der Waals surface area contributed by atoms with Crippen molar-refractivity contribution >= 4 is 0 Å². The Kier molecular flexibility index (Phi) is 4.64. The molecule has 0 unspecified atom stereocenters. The van der Waals surface area contributed by atoms with Gasteiger partial charge in [0.2, 0.25) is 0 Å².